The minimum absolute atomic E-state index is 0.133. The van der Waals surface area contributed by atoms with Gasteiger partial charge in [-0.25, -0.2) is 0 Å². The van der Waals surface area contributed by atoms with E-state index >= 15 is 0 Å². The molecule has 1 aliphatic heterocycles. The molecule has 4 heteroatoms. The van der Waals surface area contributed by atoms with Crippen molar-refractivity contribution in [3.63, 3.8) is 0 Å². The molecule has 1 fully saturated rings. The maximum absolute atomic E-state index is 12.0. The van der Waals surface area contributed by atoms with Crippen LogP contribution in [0.5, 0.6) is 5.75 Å². The van der Waals surface area contributed by atoms with Crippen LogP contribution in [0.4, 0.5) is 0 Å². The van der Waals surface area contributed by atoms with Crippen LogP contribution in [0, 0.1) is 7.14 Å². The van der Waals surface area contributed by atoms with Crippen molar-refractivity contribution in [2.75, 3.05) is 19.6 Å². The average molecular weight is 436 g/mol. The van der Waals surface area contributed by atoms with E-state index in [9.17, 15) is 4.79 Å². The number of benzene rings is 2. The predicted octanol–water partition coefficient (Wildman–Crippen LogP) is 0.596. The van der Waals surface area contributed by atoms with E-state index in [1.807, 2.05) is 18.2 Å². The normalized spacial score (nSPS) is 15.3. The van der Waals surface area contributed by atoms with Gasteiger partial charge in [0.2, 0.25) is 0 Å². The Hall–Kier alpha value is -1.40. The molecule has 1 heterocycles. The number of likely N-dealkylation sites (tertiary alicyclic amines) is 1. The van der Waals surface area contributed by atoms with Crippen molar-refractivity contribution in [1.82, 2.24) is 4.90 Å². The molecule has 0 atom stereocenters. The van der Waals surface area contributed by atoms with Gasteiger partial charge in [0.05, 0.1) is 0 Å². The summed E-state index contributed by atoms with van der Waals surface area (Å²) in [5.74, 6) is 0.519. The second-order valence-electron chi connectivity index (χ2n) is 5.97. The predicted molar refractivity (Wildman–Crippen MR) is 90.8 cm³/mol. The van der Waals surface area contributed by atoms with Crippen LogP contribution in [0.25, 0.3) is 0 Å². The molecular weight excluding hydrogens is 413 g/mol. The van der Waals surface area contributed by atoms with Crippen molar-refractivity contribution in [3.8, 4) is 5.75 Å². The standard InChI is InChI=1S/C20H23INO2/c23-20(13-16-22-14-5-2-6-15-22)24-19-11-9-18(10-12-19)21-17-7-3-1-4-8-17/h1,3-4,7-12H,2,5-6,13-16H2/q-1. The van der Waals surface area contributed by atoms with Crippen LogP contribution in [0.3, 0.4) is 0 Å². The number of hydrogen-bond acceptors (Lipinski definition) is 3. The molecule has 0 bridgehead atoms. The Morgan fingerprint density at radius 3 is 2.29 bits per heavy atom. The van der Waals surface area contributed by atoms with Crippen LogP contribution in [-0.2, 0) is 4.79 Å². The van der Waals surface area contributed by atoms with Gasteiger partial charge in [0.25, 0.3) is 0 Å². The molecule has 2 aromatic carbocycles. The summed E-state index contributed by atoms with van der Waals surface area (Å²) >= 11 is -0.169. The van der Waals surface area contributed by atoms with E-state index in [4.69, 9.17) is 4.74 Å². The van der Waals surface area contributed by atoms with E-state index in [0.717, 1.165) is 19.6 Å². The molecule has 0 unspecified atom stereocenters. The Morgan fingerprint density at radius 2 is 1.58 bits per heavy atom. The van der Waals surface area contributed by atoms with Crippen molar-refractivity contribution in [3.05, 3.63) is 61.7 Å². The number of halogens is 1. The third-order valence-electron chi connectivity index (χ3n) is 4.08. The first kappa shape index (κ1) is 17.4. The summed E-state index contributed by atoms with van der Waals surface area (Å²) in [5, 5.41) is 0. The van der Waals surface area contributed by atoms with Crippen molar-refractivity contribution in [2.45, 2.75) is 25.7 Å². The Kier molecular flexibility index (Phi) is 6.66. The molecular formula is C20H23INO2-. The van der Waals surface area contributed by atoms with Crippen molar-refractivity contribution in [1.29, 1.82) is 0 Å². The molecule has 0 spiro atoms. The molecule has 0 radical (unpaired) electrons. The first-order valence-electron chi connectivity index (χ1n) is 8.52. The SMILES string of the molecule is O=C(CCN1CCCCC1)Oc1ccc([I-]c2ccccc2)cc1. The number of nitrogens with zero attached hydrogens (tertiary/aromatic N) is 1. The molecule has 3 rings (SSSR count). The number of rotatable bonds is 6. The van der Waals surface area contributed by atoms with Gasteiger partial charge in [-0.2, -0.15) is 0 Å². The van der Waals surface area contributed by atoms with Gasteiger partial charge in [0.1, 0.15) is 0 Å². The molecule has 1 aliphatic rings. The van der Waals surface area contributed by atoms with Gasteiger partial charge in [-0.1, -0.05) is 0 Å². The van der Waals surface area contributed by atoms with E-state index in [2.05, 4.69) is 41.3 Å². The number of ether oxygens (including phenoxy) is 1. The monoisotopic (exact) mass is 436 g/mol. The van der Waals surface area contributed by atoms with Crippen molar-refractivity contribution < 1.29 is 30.7 Å². The van der Waals surface area contributed by atoms with Gasteiger partial charge < -0.3 is 0 Å². The van der Waals surface area contributed by atoms with Gasteiger partial charge in [-0.3, -0.25) is 0 Å². The molecule has 0 aromatic heterocycles. The average Bonchev–Trinajstić information content (AvgIpc) is 2.63. The minimum atomic E-state index is -0.169. The van der Waals surface area contributed by atoms with Gasteiger partial charge >= 0.3 is 154 Å². The van der Waals surface area contributed by atoms with Gasteiger partial charge in [0, 0.05) is 0 Å². The van der Waals surface area contributed by atoms with Crippen molar-refractivity contribution >= 4 is 5.97 Å². The third kappa shape index (κ3) is 5.60. The summed E-state index contributed by atoms with van der Waals surface area (Å²) in [5.41, 5.74) is 0. The molecule has 2 aromatic rings. The molecule has 0 N–H and O–H groups in total. The fourth-order valence-electron chi connectivity index (χ4n) is 2.78. The number of carbonyl (C=O) groups excluding carboxylic acids is 1. The van der Waals surface area contributed by atoms with Gasteiger partial charge in [-0.15, -0.1) is 0 Å². The van der Waals surface area contributed by atoms with E-state index in [1.165, 1.54) is 26.4 Å². The topological polar surface area (TPSA) is 29.5 Å². The molecule has 1 saturated heterocycles. The van der Waals surface area contributed by atoms with Crippen LogP contribution >= 0.6 is 0 Å². The number of carbonyl (C=O) groups is 1. The summed E-state index contributed by atoms with van der Waals surface area (Å²) in [6.07, 6.45) is 4.29. The summed E-state index contributed by atoms with van der Waals surface area (Å²) in [7, 11) is 0. The summed E-state index contributed by atoms with van der Waals surface area (Å²) in [6.45, 7) is 3.05. The third-order valence-corrected chi connectivity index (χ3v) is 6.76. The van der Waals surface area contributed by atoms with Gasteiger partial charge in [-0.05, 0) is 0 Å². The number of esters is 1. The number of hydrogen-bond donors (Lipinski definition) is 0. The molecule has 0 amide bonds. The van der Waals surface area contributed by atoms with E-state index in [0.29, 0.717) is 12.2 Å². The maximum atomic E-state index is 12.0. The summed E-state index contributed by atoms with van der Waals surface area (Å²) < 4.78 is 8.18. The second kappa shape index (κ2) is 9.18. The van der Waals surface area contributed by atoms with Crippen LogP contribution in [0.2, 0.25) is 0 Å². The van der Waals surface area contributed by atoms with E-state index in [1.54, 1.807) is 0 Å². The second-order valence-corrected chi connectivity index (χ2v) is 9.00. The van der Waals surface area contributed by atoms with Crippen LogP contribution in [-0.4, -0.2) is 30.5 Å². The molecule has 24 heavy (non-hydrogen) atoms. The first-order valence-corrected chi connectivity index (χ1v) is 10.7. The molecule has 128 valence electrons. The zero-order valence-electron chi connectivity index (χ0n) is 13.8. The molecule has 3 nitrogen and oxygen atoms in total. The fraction of sp³-hybridized carbons (Fsp3) is 0.350. The first-order chi connectivity index (χ1) is 11.8. The Morgan fingerprint density at radius 1 is 0.917 bits per heavy atom. The van der Waals surface area contributed by atoms with E-state index < -0.39 is 0 Å². The zero-order valence-corrected chi connectivity index (χ0v) is 15.9. The van der Waals surface area contributed by atoms with Crippen LogP contribution in [0.15, 0.2) is 54.6 Å². The quantitative estimate of drug-likeness (QED) is 0.378. The fourth-order valence-corrected chi connectivity index (χ4v) is 5.00. The Labute approximate surface area is 154 Å². The number of piperidine rings is 1. The van der Waals surface area contributed by atoms with Gasteiger partial charge in [0.15, 0.2) is 0 Å². The molecule has 0 aliphatic carbocycles. The van der Waals surface area contributed by atoms with Crippen LogP contribution in [0.1, 0.15) is 25.7 Å². The van der Waals surface area contributed by atoms with Crippen molar-refractivity contribution in [2.24, 2.45) is 0 Å². The Bertz CT molecular complexity index is 636. The Balaban J connectivity index is 1.45. The molecule has 0 saturated carbocycles. The zero-order chi connectivity index (χ0) is 16.6. The van der Waals surface area contributed by atoms with E-state index in [-0.39, 0.29) is 27.2 Å². The van der Waals surface area contributed by atoms with Crippen LogP contribution < -0.4 is 25.9 Å². The summed E-state index contributed by atoms with van der Waals surface area (Å²) in [4.78, 5) is 14.3. The summed E-state index contributed by atoms with van der Waals surface area (Å²) in [6, 6.07) is 18.5.